The molecule has 2 aliphatic carbocycles. The number of nitrogens with zero attached hydrogens (tertiary/aromatic N) is 1. The molecule has 1 N–H and O–H groups in total. The fourth-order valence-electron chi connectivity index (χ4n) is 5.86. The molecule has 0 aromatic heterocycles. The Morgan fingerprint density at radius 1 is 1.04 bits per heavy atom. The summed E-state index contributed by atoms with van der Waals surface area (Å²) < 4.78 is 5.83. The van der Waals surface area contributed by atoms with Crippen molar-refractivity contribution in [2.75, 3.05) is 32.8 Å². The lowest BCUT2D eigenvalue weighted by atomic mass is 9.87. The van der Waals surface area contributed by atoms with Crippen LogP contribution in [0.15, 0.2) is 30.3 Å². The van der Waals surface area contributed by atoms with E-state index in [2.05, 4.69) is 35.2 Å². The summed E-state index contributed by atoms with van der Waals surface area (Å²) in [4.78, 5) is 2.42. The van der Waals surface area contributed by atoms with Crippen LogP contribution >= 0.6 is 0 Å². The second-order valence-electron chi connectivity index (χ2n) is 9.39. The van der Waals surface area contributed by atoms with Crippen LogP contribution in [0.25, 0.3) is 0 Å². The average Bonchev–Trinajstić information content (AvgIpc) is 3.31. The van der Waals surface area contributed by atoms with E-state index in [1.54, 1.807) is 0 Å². The van der Waals surface area contributed by atoms with Gasteiger partial charge >= 0.3 is 0 Å². The summed E-state index contributed by atoms with van der Waals surface area (Å²) in [5, 5.41) is 10.3. The second kappa shape index (κ2) is 9.54. The number of piperidine rings is 1. The fourth-order valence-corrected chi connectivity index (χ4v) is 5.86. The molecule has 1 aromatic rings. The summed E-state index contributed by atoms with van der Waals surface area (Å²) in [7, 11) is 0. The minimum Gasteiger partial charge on any atom is -0.389 e. The van der Waals surface area contributed by atoms with E-state index in [4.69, 9.17) is 4.74 Å². The van der Waals surface area contributed by atoms with Gasteiger partial charge in [0.15, 0.2) is 0 Å². The molecule has 3 aliphatic rings. The van der Waals surface area contributed by atoms with Crippen LogP contribution in [-0.2, 0) is 11.2 Å². The summed E-state index contributed by atoms with van der Waals surface area (Å²) in [6.07, 6.45) is 10.4. The molecule has 3 nitrogen and oxygen atoms in total. The lowest BCUT2D eigenvalue weighted by molar-refractivity contribution is 0.00547. The molecule has 0 radical (unpaired) electrons. The molecule has 1 aliphatic heterocycles. The van der Waals surface area contributed by atoms with Gasteiger partial charge in [0.1, 0.15) is 0 Å². The Morgan fingerprint density at radius 2 is 1.85 bits per heavy atom. The standard InChI is InChI=1S/C24H37NO2/c26-24(18-27-13-10-23-16-21-6-7-22(23)15-21)17-25-11-8-20(9-12-25)14-19-4-2-1-3-5-19/h1-5,20-24,26H,6-18H2/t21-,22-,23+,24+/m1/s1. The topological polar surface area (TPSA) is 32.7 Å². The van der Waals surface area contributed by atoms with Crippen LogP contribution in [0.1, 0.15) is 50.5 Å². The van der Waals surface area contributed by atoms with Gasteiger partial charge in [-0.05, 0) is 87.3 Å². The average molecular weight is 372 g/mol. The quantitative estimate of drug-likeness (QED) is 0.662. The Balaban J connectivity index is 1.06. The molecule has 2 saturated carbocycles. The first kappa shape index (κ1) is 19.4. The van der Waals surface area contributed by atoms with E-state index >= 15 is 0 Å². The number of fused-ring (bicyclic) bond motifs is 2. The van der Waals surface area contributed by atoms with Gasteiger partial charge in [0, 0.05) is 13.2 Å². The molecule has 3 fully saturated rings. The van der Waals surface area contributed by atoms with E-state index in [9.17, 15) is 5.11 Å². The number of aliphatic hydroxyl groups excluding tert-OH is 1. The van der Waals surface area contributed by atoms with Gasteiger partial charge in [-0.2, -0.15) is 0 Å². The lowest BCUT2D eigenvalue weighted by Gasteiger charge is -2.33. The molecule has 2 bridgehead atoms. The van der Waals surface area contributed by atoms with Crippen molar-refractivity contribution in [2.24, 2.45) is 23.7 Å². The Kier molecular flexibility index (Phi) is 6.86. The van der Waals surface area contributed by atoms with E-state index < -0.39 is 0 Å². The maximum absolute atomic E-state index is 10.3. The monoisotopic (exact) mass is 371 g/mol. The first-order valence-corrected chi connectivity index (χ1v) is 11.3. The highest BCUT2D eigenvalue weighted by Crippen LogP contribution is 2.49. The fraction of sp³-hybridized carbons (Fsp3) is 0.750. The van der Waals surface area contributed by atoms with E-state index in [-0.39, 0.29) is 6.10 Å². The van der Waals surface area contributed by atoms with E-state index in [0.29, 0.717) is 6.61 Å². The van der Waals surface area contributed by atoms with Crippen LogP contribution in [-0.4, -0.2) is 49.0 Å². The molecular weight excluding hydrogens is 334 g/mol. The van der Waals surface area contributed by atoms with Crippen molar-refractivity contribution < 1.29 is 9.84 Å². The maximum Gasteiger partial charge on any atom is 0.0900 e. The zero-order valence-corrected chi connectivity index (χ0v) is 16.8. The molecule has 4 atom stereocenters. The largest absolute Gasteiger partial charge is 0.389 e. The van der Waals surface area contributed by atoms with E-state index in [1.807, 2.05) is 0 Å². The lowest BCUT2D eigenvalue weighted by Crippen LogP contribution is -2.40. The predicted molar refractivity (Wildman–Crippen MR) is 110 cm³/mol. The summed E-state index contributed by atoms with van der Waals surface area (Å²) in [6, 6.07) is 10.8. The third-order valence-corrected chi connectivity index (χ3v) is 7.37. The summed E-state index contributed by atoms with van der Waals surface area (Å²) in [6.45, 7) is 4.33. The van der Waals surface area contributed by atoms with Crippen LogP contribution in [0, 0.1) is 23.7 Å². The third-order valence-electron chi connectivity index (χ3n) is 7.37. The third kappa shape index (κ3) is 5.56. The summed E-state index contributed by atoms with van der Waals surface area (Å²) >= 11 is 0. The van der Waals surface area contributed by atoms with Gasteiger partial charge in [-0.15, -0.1) is 0 Å². The van der Waals surface area contributed by atoms with E-state index in [0.717, 1.165) is 49.9 Å². The van der Waals surface area contributed by atoms with Crippen LogP contribution in [0.2, 0.25) is 0 Å². The van der Waals surface area contributed by atoms with Gasteiger partial charge in [-0.1, -0.05) is 36.8 Å². The number of hydrogen-bond donors (Lipinski definition) is 1. The number of ether oxygens (including phenoxy) is 1. The minimum absolute atomic E-state index is 0.337. The van der Waals surface area contributed by atoms with Crippen LogP contribution < -0.4 is 0 Å². The van der Waals surface area contributed by atoms with Gasteiger partial charge in [-0.3, -0.25) is 0 Å². The Bertz CT molecular complexity index is 555. The number of likely N-dealkylation sites (tertiary alicyclic amines) is 1. The maximum atomic E-state index is 10.3. The predicted octanol–water partition coefficient (Wildman–Crippen LogP) is 4.14. The van der Waals surface area contributed by atoms with Crippen molar-refractivity contribution in [1.82, 2.24) is 4.90 Å². The van der Waals surface area contributed by atoms with Gasteiger partial charge in [0.2, 0.25) is 0 Å². The smallest absolute Gasteiger partial charge is 0.0900 e. The van der Waals surface area contributed by atoms with E-state index in [1.165, 1.54) is 56.9 Å². The minimum atomic E-state index is -0.337. The number of rotatable bonds is 9. The van der Waals surface area contributed by atoms with Crippen molar-refractivity contribution >= 4 is 0 Å². The van der Waals surface area contributed by atoms with Gasteiger partial charge < -0.3 is 14.7 Å². The molecule has 4 rings (SSSR count). The van der Waals surface area contributed by atoms with Gasteiger partial charge in [0.25, 0.3) is 0 Å². The van der Waals surface area contributed by atoms with Gasteiger partial charge in [0.05, 0.1) is 12.7 Å². The van der Waals surface area contributed by atoms with Crippen LogP contribution in [0.4, 0.5) is 0 Å². The zero-order chi connectivity index (χ0) is 18.5. The van der Waals surface area contributed by atoms with Crippen LogP contribution in [0.5, 0.6) is 0 Å². The Morgan fingerprint density at radius 3 is 2.56 bits per heavy atom. The highest BCUT2D eigenvalue weighted by Gasteiger charge is 2.38. The molecule has 1 heterocycles. The highest BCUT2D eigenvalue weighted by atomic mass is 16.5. The van der Waals surface area contributed by atoms with Gasteiger partial charge in [-0.25, -0.2) is 0 Å². The van der Waals surface area contributed by atoms with Crippen molar-refractivity contribution in [3.8, 4) is 0 Å². The normalized spacial score (nSPS) is 30.0. The molecule has 0 unspecified atom stereocenters. The SMILES string of the molecule is O[C@H](COCC[C@H]1C[C@@H]2CC[C@@H]1C2)CN1CCC(Cc2ccccc2)CC1. The zero-order valence-electron chi connectivity index (χ0n) is 16.8. The Labute approximate surface area is 165 Å². The summed E-state index contributed by atoms with van der Waals surface area (Å²) in [5.41, 5.74) is 1.46. The molecule has 1 saturated heterocycles. The van der Waals surface area contributed by atoms with Crippen molar-refractivity contribution in [2.45, 2.75) is 57.5 Å². The molecular formula is C24H37NO2. The summed E-state index contributed by atoms with van der Waals surface area (Å²) in [5.74, 6) is 3.71. The first-order valence-electron chi connectivity index (χ1n) is 11.3. The number of hydrogen-bond acceptors (Lipinski definition) is 3. The number of β-amino-alcohol motifs (C(OH)–C–C–N with tert-alkyl or cyclic N) is 1. The van der Waals surface area contributed by atoms with Crippen molar-refractivity contribution in [3.63, 3.8) is 0 Å². The molecule has 0 amide bonds. The number of benzene rings is 1. The molecule has 3 heteroatoms. The molecule has 27 heavy (non-hydrogen) atoms. The van der Waals surface area contributed by atoms with Crippen molar-refractivity contribution in [1.29, 1.82) is 0 Å². The Hall–Kier alpha value is -0.900. The second-order valence-corrected chi connectivity index (χ2v) is 9.39. The number of aliphatic hydroxyl groups is 1. The van der Waals surface area contributed by atoms with Crippen LogP contribution in [0.3, 0.4) is 0 Å². The first-order chi connectivity index (χ1) is 13.3. The molecule has 150 valence electrons. The highest BCUT2D eigenvalue weighted by molar-refractivity contribution is 5.15. The molecule has 1 aromatic carbocycles. The van der Waals surface area contributed by atoms with Crippen molar-refractivity contribution in [3.05, 3.63) is 35.9 Å². The molecule has 0 spiro atoms.